The number of phenolic OH excluding ortho intramolecular Hbond substituents is 7. The van der Waals surface area contributed by atoms with Crippen LogP contribution in [0.15, 0.2) is 97.1 Å². The first-order valence-corrected chi connectivity index (χ1v) is 31.4. The van der Waals surface area contributed by atoms with Crippen molar-refractivity contribution in [3.8, 4) is 40.2 Å². The van der Waals surface area contributed by atoms with E-state index in [0.717, 1.165) is 208 Å². The molecule has 7 nitrogen and oxygen atoms in total. The highest BCUT2D eigenvalue weighted by atomic mass is 16.3. The second kappa shape index (κ2) is 24.5. The normalized spacial score (nSPS) is 17.1. The van der Waals surface area contributed by atoms with E-state index in [1.54, 1.807) is 12.1 Å². The van der Waals surface area contributed by atoms with Crippen molar-refractivity contribution in [2.75, 3.05) is 0 Å². The summed E-state index contributed by atoms with van der Waals surface area (Å²) in [7, 11) is 0. The summed E-state index contributed by atoms with van der Waals surface area (Å²) in [5.74, 6) is 2.18. The molecule has 7 aromatic rings. The summed E-state index contributed by atoms with van der Waals surface area (Å²) in [6.45, 7) is 9.99. The molecule has 4 saturated carbocycles. The lowest BCUT2D eigenvalue weighted by atomic mass is 9.76. The van der Waals surface area contributed by atoms with Gasteiger partial charge in [-0.1, -0.05) is 168 Å². The Balaban J connectivity index is 0.971. The molecule has 7 aromatic carbocycles. The number of rotatable bonds is 14. The van der Waals surface area contributed by atoms with Crippen LogP contribution in [0.4, 0.5) is 0 Å². The van der Waals surface area contributed by atoms with Gasteiger partial charge in [-0.2, -0.15) is 0 Å². The van der Waals surface area contributed by atoms with Gasteiger partial charge in [0, 0.05) is 35.8 Å². The molecular weight excluding hydrogens is 1010 g/mol. The monoisotopic (exact) mass is 1100 g/mol. The Morgan fingerprint density at radius 3 is 0.854 bits per heavy atom. The average molecular weight is 1100 g/mol. The molecule has 0 amide bonds. The summed E-state index contributed by atoms with van der Waals surface area (Å²) in [5.41, 5.74) is 17.0. The maximum absolute atomic E-state index is 12.5. The van der Waals surface area contributed by atoms with Crippen molar-refractivity contribution < 1.29 is 35.7 Å². The Hall–Kier alpha value is -6.86. The molecule has 7 heteroatoms. The van der Waals surface area contributed by atoms with E-state index in [2.05, 4.69) is 79.7 Å². The van der Waals surface area contributed by atoms with Crippen molar-refractivity contribution >= 4 is 0 Å². The summed E-state index contributed by atoms with van der Waals surface area (Å²) >= 11 is 0. The Bertz CT molecular complexity index is 3080. The molecule has 0 aromatic heterocycles. The fourth-order valence-electron chi connectivity index (χ4n) is 15.5. The lowest BCUT2D eigenvalue weighted by Gasteiger charge is -2.29. The minimum Gasteiger partial charge on any atom is -0.508 e. The van der Waals surface area contributed by atoms with Crippen LogP contribution in [0.1, 0.15) is 270 Å². The fourth-order valence-corrected chi connectivity index (χ4v) is 15.5. The zero-order valence-electron chi connectivity index (χ0n) is 49.4. The SMILES string of the molecule is Cc1cc(Cc2ccc(O)c(C(c3cc(C)c(O)c(C4CCCCC4)c3)c3cc(C)c(O)c(C4CCCCC4)c3)c2)c(O)c(Cc2ccc(O)c(C(c3cc(C)c(O)c(C4CCCCC4)c3)c3cc(C)c(O)c(C4CCCCC4)c3)c2)c1. The maximum atomic E-state index is 12.5. The Labute approximate surface area is 487 Å². The average Bonchev–Trinajstić information content (AvgIpc) is 3.66. The van der Waals surface area contributed by atoms with E-state index in [4.69, 9.17) is 0 Å². The standard InChI is InChI=1S/C75H88O7/c1-44-30-59(36-49-26-28-67(76)65(38-49)69(55-32-45(2)71(78)61(40-55)51-18-10-6-11-19-51)56-33-46(3)72(79)62(41-56)52-20-12-7-13-21-52)75(82)60(31-44)37-50-27-29-68(77)66(39-50)70(57-34-47(4)73(80)63(42-57)53-22-14-8-15-23-53)58-35-48(5)74(81)64(43-58)54-24-16-9-17-25-54/h26-35,38-43,51-54,69-70,76-82H,6-25,36-37H2,1-5H3. The second-order valence-electron chi connectivity index (χ2n) is 25.9. The van der Waals surface area contributed by atoms with E-state index in [0.29, 0.717) is 35.8 Å². The predicted octanol–water partition coefficient (Wildman–Crippen LogP) is 18.9. The van der Waals surface area contributed by atoms with Gasteiger partial charge in [-0.3, -0.25) is 0 Å². The smallest absolute Gasteiger partial charge is 0.122 e. The van der Waals surface area contributed by atoms with Crippen molar-refractivity contribution in [1.82, 2.24) is 0 Å². The molecule has 0 atom stereocenters. The van der Waals surface area contributed by atoms with Crippen LogP contribution in [-0.4, -0.2) is 35.7 Å². The lowest BCUT2D eigenvalue weighted by molar-refractivity contribution is 0.411. The summed E-state index contributed by atoms with van der Waals surface area (Å²) < 4.78 is 0. The number of hydrogen-bond donors (Lipinski definition) is 7. The van der Waals surface area contributed by atoms with Crippen molar-refractivity contribution in [3.05, 3.63) is 203 Å². The highest BCUT2D eigenvalue weighted by molar-refractivity contribution is 5.61. The number of aryl methyl sites for hydroxylation is 5. The molecule has 4 aliphatic rings. The van der Waals surface area contributed by atoms with Crippen LogP contribution in [0.25, 0.3) is 0 Å². The molecule has 430 valence electrons. The third-order valence-electron chi connectivity index (χ3n) is 19.9. The number of aromatic hydroxyl groups is 7. The quantitative estimate of drug-likeness (QED) is 0.0538. The van der Waals surface area contributed by atoms with Crippen LogP contribution in [-0.2, 0) is 12.8 Å². The van der Waals surface area contributed by atoms with Gasteiger partial charge in [-0.05, 0) is 211 Å². The number of hydrogen-bond acceptors (Lipinski definition) is 7. The first-order valence-electron chi connectivity index (χ1n) is 31.4. The van der Waals surface area contributed by atoms with E-state index >= 15 is 0 Å². The summed E-state index contributed by atoms with van der Waals surface area (Å²) in [6.07, 6.45) is 23.0. The minimum atomic E-state index is -0.411. The first-order chi connectivity index (χ1) is 39.6. The zero-order chi connectivity index (χ0) is 57.3. The Morgan fingerprint density at radius 2 is 0.585 bits per heavy atom. The lowest BCUT2D eigenvalue weighted by Crippen LogP contribution is -2.11. The van der Waals surface area contributed by atoms with Gasteiger partial charge in [-0.25, -0.2) is 0 Å². The Morgan fingerprint density at radius 1 is 0.317 bits per heavy atom. The maximum Gasteiger partial charge on any atom is 0.122 e. The van der Waals surface area contributed by atoms with E-state index in [1.807, 2.05) is 39.8 Å². The number of phenols is 7. The van der Waals surface area contributed by atoms with Gasteiger partial charge in [0.05, 0.1) is 0 Å². The van der Waals surface area contributed by atoms with Gasteiger partial charge in [0.1, 0.15) is 40.2 Å². The third-order valence-corrected chi connectivity index (χ3v) is 19.9. The zero-order valence-corrected chi connectivity index (χ0v) is 49.4. The molecule has 0 radical (unpaired) electrons. The fraction of sp³-hybridized carbons (Fsp3) is 0.440. The molecule has 82 heavy (non-hydrogen) atoms. The highest BCUT2D eigenvalue weighted by Gasteiger charge is 2.32. The largest absolute Gasteiger partial charge is 0.508 e. The summed E-state index contributed by atoms with van der Waals surface area (Å²) in [4.78, 5) is 0. The molecule has 0 saturated heterocycles. The van der Waals surface area contributed by atoms with E-state index in [-0.39, 0.29) is 40.9 Å². The van der Waals surface area contributed by atoms with Crippen LogP contribution in [0.3, 0.4) is 0 Å². The first kappa shape index (κ1) is 57.0. The van der Waals surface area contributed by atoms with Crippen molar-refractivity contribution in [1.29, 1.82) is 0 Å². The third kappa shape index (κ3) is 11.9. The molecule has 4 fully saturated rings. The highest BCUT2D eigenvalue weighted by Crippen LogP contribution is 2.50. The van der Waals surface area contributed by atoms with Crippen LogP contribution >= 0.6 is 0 Å². The summed E-state index contributed by atoms with van der Waals surface area (Å²) in [5, 5.41) is 83.4. The predicted molar refractivity (Wildman–Crippen MR) is 331 cm³/mol. The topological polar surface area (TPSA) is 142 Å². The van der Waals surface area contributed by atoms with E-state index in [1.165, 1.54) is 25.7 Å². The molecule has 0 aliphatic heterocycles. The van der Waals surface area contributed by atoms with Gasteiger partial charge in [0.2, 0.25) is 0 Å². The van der Waals surface area contributed by atoms with Crippen LogP contribution in [0.5, 0.6) is 40.2 Å². The molecule has 0 bridgehead atoms. The van der Waals surface area contributed by atoms with Gasteiger partial charge in [0.15, 0.2) is 0 Å². The van der Waals surface area contributed by atoms with Gasteiger partial charge in [0.25, 0.3) is 0 Å². The molecule has 7 N–H and O–H groups in total. The van der Waals surface area contributed by atoms with Crippen LogP contribution in [0.2, 0.25) is 0 Å². The molecule has 0 spiro atoms. The molecule has 0 heterocycles. The molecule has 0 unspecified atom stereocenters. The second-order valence-corrected chi connectivity index (χ2v) is 25.9. The van der Waals surface area contributed by atoms with Crippen molar-refractivity contribution in [3.63, 3.8) is 0 Å². The minimum absolute atomic E-state index is 0.166. The van der Waals surface area contributed by atoms with Crippen LogP contribution in [0, 0.1) is 34.6 Å². The summed E-state index contributed by atoms with van der Waals surface area (Å²) in [6, 6.07) is 32.8. The van der Waals surface area contributed by atoms with Crippen LogP contribution < -0.4 is 0 Å². The molecule has 4 aliphatic carbocycles. The van der Waals surface area contributed by atoms with Gasteiger partial charge in [-0.15, -0.1) is 0 Å². The van der Waals surface area contributed by atoms with E-state index in [9.17, 15) is 35.7 Å². The molecular formula is C75H88O7. The van der Waals surface area contributed by atoms with E-state index < -0.39 is 11.8 Å². The van der Waals surface area contributed by atoms with Crippen molar-refractivity contribution in [2.45, 2.75) is 211 Å². The van der Waals surface area contributed by atoms with Crippen molar-refractivity contribution in [2.24, 2.45) is 0 Å². The van der Waals surface area contributed by atoms with Gasteiger partial charge < -0.3 is 35.7 Å². The number of benzene rings is 7. The molecule has 11 rings (SSSR count). The Kier molecular flexibility index (Phi) is 17.0. The van der Waals surface area contributed by atoms with Gasteiger partial charge >= 0.3 is 0 Å².